The lowest BCUT2D eigenvalue weighted by atomic mass is 9.42. The van der Waals surface area contributed by atoms with Crippen molar-refractivity contribution in [3.8, 4) is 0 Å². The van der Waals surface area contributed by atoms with E-state index in [0.717, 1.165) is 32.1 Å². The van der Waals surface area contributed by atoms with Gasteiger partial charge in [0.25, 0.3) is 0 Å². The fourth-order valence-electron chi connectivity index (χ4n) is 12.6. The van der Waals surface area contributed by atoms with Crippen molar-refractivity contribution >= 4 is 5.97 Å². The number of hydrogen-bond acceptors (Lipinski definition) is 12. The number of carbonyl (C=O) groups excluding carboxylic acids is 1. The van der Waals surface area contributed by atoms with Crippen LogP contribution in [0.15, 0.2) is 30.3 Å². The normalized spacial score (nSPS) is 54.2. The van der Waals surface area contributed by atoms with E-state index < -0.39 is 78.4 Å². The molecule has 1 aromatic carbocycles. The summed E-state index contributed by atoms with van der Waals surface area (Å²) in [6.45, 7) is 9.04. The average molecular weight is 731 g/mol. The molecule has 0 aromatic heterocycles. The first-order valence-corrected chi connectivity index (χ1v) is 19.6. The molecule has 290 valence electrons. The molecule has 8 rings (SSSR count). The molecule has 12 heteroatoms. The van der Waals surface area contributed by atoms with Gasteiger partial charge >= 0.3 is 5.97 Å². The second kappa shape index (κ2) is 13.2. The predicted molar refractivity (Wildman–Crippen MR) is 184 cm³/mol. The first-order chi connectivity index (χ1) is 24.7. The molecule has 7 fully saturated rings. The Morgan fingerprint density at radius 1 is 0.923 bits per heavy atom. The van der Waals surface area contributed by atoms with Gasteiger partial charge in [-0.3, -0.25) is 0 Å². The van der Waals surface area contributed by atoms with Gasteiger partial charge in [0.2, 0.25) is 0 Å². The first kappa shape index (κ1) is 37.2. The van der Waals surface area contributed by atoms with E-state index in [0.29, 0.717) is 30.4 Å². The fourth-order valence-corrected chi connectivity index (χ4v) is 12.6. The maximum Gasteiger partial charge on any atom is 0.338 e. The highest BCUT2D eigenvalue weighted by Crippen LogP contribution is 2.72. The van der Waals surface area contributed by atoms with Gasteiger partial charge in [-0.25, -0.2) is 4.79 Å². The first-order valence-electron chi connectivity index (χ1n) is 19.6. The highest BCUT2D eigenvalue weighted by molar-refractivity contribution is 5.89. The lowest BCUT2D eigenvalue weighted by molar-refractivity contribution is -0.339. The summed E-state index contributed by atoms with van der Waals surface area (Å²) < 4.78 is 31.7. The van der Waals surface area contributed by atoms with Gasteiger partial charge < -0.3 is 54.3 Å². The molecule has 6 N–H and O–H groups in total. The summed E-state index contributed by atoms with van der Waals surface area (Å²) in [4.78, 5) is 13.4. The van der Waals surface area contributed by atoms with Crippen LogP contribution in [0.4, 0.5) is 0 Å². The minimum atomic E-state index is -1.66. The number of fused-ring (bicyclic) bond motifs is 7. The Morgan fingerprint density at radius 2 is 1.67 bits per heavy atom. The lowest BCUT2D eigenvalue weighted by Gasteiger charge is -2.66. The van der Waals surface area contributed by atoms with Crippen LogP contribution in [0, 0.1) is 46.3 Å². The maximum absolute atomic E-state index is 13.4. The van der Waals surface area contributed by atoms with Gasteiger partial charge in [-0.1, -0.05) is 45.9 Å². The largest absolute Gasteiger partial charge is 0.456 e. The van der Waals surface area contributed by atoms with Crippen LogP contribution < -0.4 is 0 Å². The summed E-state index contributed by atoms with van der Waals surface area (Å²) in [6, 6.07) is 8.48. The highest BCUT2D eigenvalue weighted by atomic mass is 16.7. The van der Waals surface area contributed by atoms with E-state index in [1.165, 1.54) is 0 Å². The van der Waals surface area contributed by atoms with Crippen molar-refractivity contribution < 1.29 is 59.1 Å². The number of aliphatic hydroxyl groups excluding tert-OH is 5. The van der Waals surface area contributed by atoms with Crippen LogP contribution in [0.2, 0.25) is 0 Å². The molecular weight excluding hydrogens is 672 g/mol. The minimum Gasteiger partial charge on any atom is -0.456 e. The summed E-state index contributed by atoms with van der Waals surface area (Å²) in [6.07, 6.45) is -5.41. The smallest absolute Gasteiger partial charge is 0.338 e. The number of hydrogen-bond donors (Lipinski definition) is 6. The van der Waals surface area contributed by atoms with E-state index in [2.05, 4.69) is 20.8 Å². The van der Waals surface area contributed by atoms with Crippen LogP contribution in [0.1, 0.15) is 89.4 Å². The summed E-state index contributed by atoms with van der Waals surface area (Å²) in [5.74, 6) is 0.289. The molecule has 19 atom stereocenters. The molecule has 4 saturated carbocycles. The third-order valence-corrected chi connectivity index (χ3v) is 15.5. The van der Waals surface area contributed by atoms with Crippen LogP contribution in [0.5, 0.6) is 0 Å². The van der Waals surface area contributed by atoms with Crippen LogP contribution in [-0.4, -0.2) is 116 Å². The third-order valence-electron chi connectivity index (χ3n) is 15.5. The molecule has 1 spiro atoms. The van der Waals surface area contributed by atoms with Gasteiger partial charge in [0, 0.05) is 24.2 Å². The summed E-state index contributed by atoms with van der Waals surface area (Å²) in [7, 11) is 0. The molecular formula is C40H58O12. The zero-order chi connectivity index (χ0) is 37.0. The van der Waals surface area contributed by atoms with Crippen molar-refractivity contribution in [3.05, 3.63) is 35.9 Å². The molecule has 12 nitrogen and oxygen atoms in total. The SMILES string of the molecule is CC1CCC2(OC1)OC1CC3C4CC(O)C5(O)CC(OC(=O)c6ccccc6)C(OC6OC(CO)C(O)C(O)C6O)CC5(C)C4CCC3(C)C1C2C. The quantitative estimate of drug-likeness (QED) is 0.193. The Balaban J connectivity index is 1.09. The predicted octanol–water partition coefficient (Wildman–Crippen LogP) is 2.54. The summed E-state index contributed by atoms with van der Waals surface area (Å²) in [5, 5.41) is 66.6. The number of carbonyl (C=O) groups is 1. The monoisotopic (exact) mass is 730 g/mol. The Hall–Kier alpha value is -1.71. The van der Waals surface area contributed by atoms with E-state index >= 15 is 0 Å². The number of esters is 1. The third kappa shape index (κ3) is 5.49. The van der Waals surface area contributed by atoms with E-state index in [1.807, 2.05) is 6.92 Å². The summed E-state index contributed by atoms with van der Waals surface area (Å²) in [5.41, 5.74) is -2.22. The van der Waals surface area contributed by atoms with Gasteiger partial charge in [0.05, 0.1) is 42.7 Å². The van der Waals surface area contributed by atoms with Gasteiger partial charge in [0.1, 0.15) is 30.5 Å². The number of rotatable bonds is 5. The minimum absolute atomic E-state index is 0.000485. The van der Waals surface area contributed by atoms with Crippen molar-refractivity contribution in [2.24, 2.45) is 46.3 Å². The Kier molecular flexibility index (Phi) is 9.45. The van der Waals surface area contributed by atoms with Crippen LogP contribution in [0.25, 0.3) is 0 Å². The molecule has 7 aliphatic rings. The van der Waals surface area contributed by atoms with Crippen molar-refractivity contribution in [2.75, 3.05) is 13.2 Å². The van der Waals surface area contributed by atoms with Gasteiger partial charge in [0.15, 0.2) is 12.1 Å². The molecule has 3 heterocycles. The molecule has 19 unspecified atom stereocenters. The van der Waals surface area contributed by atoms with Crippen molar-refractivity contribution in [1.82, 2.24) is 0 Å². The molecule has 0 bridgehead atoms. The van der Waals surface area contributed by atoms with Crippen molar-refractivity contribution in [3.63, 3.8) is 0 Å². The fraction of sp³-hybridized carbons (Fsp3) is 0.825. The standard InChI is InChI=1S/C40H58O12/c1-20-10-13-40(48-19-20)21(2)31-26(52-40)15-25-23-14-30(42)39(47)17-28(49-35(46)22-8-6-5-7-9-22)27(16-38(39,4)24(23)11-12-37(25,31)3)50-36-34(45)33(44)32(43)29(18-41)51-36/h5-9,20-21,23-34,36,41-45,47H,10-19H2,1-4H3. The zero-order valence-electron chi connectivity index (χ0n) is 30.8. The molecule has 3 aliphatic heterocycles. The van der Waals surface area contributed by atoms with Crippen molar-refractivity contribution in [1.29, 1.82) is 0 Å². The van der Waals surface area contributed by atoms with E-state index in [-0.39, 0.29) is 48.0 Å². The highest BCUT2D eigenvalue weighted by Gasteiger charge is 2.73. The lowest BCUT2D eigenvalue weighted by Crippen LogP contribution is -2.71. The van der Waals surface area contributed by atoms with Crippen LogP contribution >= 0.6 is 0 Å². The van der Waals surface area contributed by atoms with Crippen LogP contribution in [-0.2, 0) is 23.7 Å². The molecule has 4 aliphatic carbocycles. The van der Waals surface area contributed by atoms with Gasteiger partial charge in [-0.05, 0) is 85.7 Å². The molecule has 3 saturated heterocycles. The Labute approximate surface area is 305 Å². The second-order valence-electron chi connectivity index (χ2n) is 18.1. The number of aliphatic hydroxyl groups is 6. The topological polar surface area (TPSA) is 185 Å². The zero-order valence-corrected chi connectivity index (χ0v) is 30.8. The Bertz CT molecular complexity index is 1470. The second-order valence-corrected chi connectivity index (χ2v) is 18.1. The molecule has 1 aromatic rings. The van der Waals surface area contributed by atoms with Gasteiger partial charge in [-0.15, -0.1) is 0 Å². The molecule has 0 radical (unpaired) electrons. The number of benzene rings is 1. The van der Waals surface area contributed by atoms with Gasteiger partial charge in [-0.2, -0.15) is 0 Å². The Morgan fingerprint density at radius 3 is 2.37 bits per heavy atom. The maximum atomic E-state index is 13.4. The van der Waals surface area contributed by atoms with Crippen LogP contribution in [0.3, 0.4) is 0 Å². The average Bonchev–Trinajstić information content (AvgIpc) is 3.57. The van der Waals surface area contributed by atoms with E-state index in [1.54, 1.807) is 30.3 Å². The summed E-state index contributed by atoms with van der Waals surface area (Å²) >= 11 is 0. The van der Waals surface area contributed by atoms with E-state index in [9.17, 15) is 35.4 Å². The molecule has 52 heavy (non-hydrogen) atoms. The van der Waals surface area contributed by atoms with Crippen molar-refractivity contribution in [2.45, 2.75) is 146 Å². The van der Waals surface area contributed by atoms with E-state index in [4.69, 9.17) is 23.7 Å². The molecule has 0 amide bonds. The number of ether oxygens (including phenoxy) is 5.